The predicted molar refractivity (Wildman–Crippen MR) is 87.3 cm³/mol. The number of halogens is 1. The molecule has 0 aliphatic heterocycles. The van der Waals surface area contributed by atoms with Gasteiger partial charge in [-0.15, -0.1) is 0 Å². The van der Waals surface area contributed by atoms with E-state index in [0.29, 0.717) is 0 Å². The first-order valence-corrected chi connectivity index (χ1v) is 7.63. The average molecular weight is 336 g/mol. The van der Waals surface area contributed by atoms with Crippen LogP contribution in [0.5, 0.6) is 0 Å². The number of aryl methyl sites for hydroxylation is 2. The standard InChI is InChI=1S/C16H22BrN3/c1-11-8-12(2)20(19-11)15-7-6-14(17)9-13(15)10-18-16(3,4)5/h6-9,18H,10H2,1-5H3. The zero-order valence-electron chi connectivity index (χ0n) is 12.8. The van der Waals surface area contributed by atoms with Crippen molar-refractivity contribution < 1.29 is 0 Å². The van der Waals surface area contributed by atoms with Crippen LogP contribution in [0.2, 0.25) is 0 Å². The Morgan fingerprint density at radius 3 is 2.45 bits per heavy atom. The third-order valence-electron chi connectivity index (χ3n) is 3.09. The van der Waals surface area contributed by atoms with Crippen LogP contribution in [0.1, 0.15) is 37.7 Å². The highest BCUT2D eigenvalue weighted by atomic mass is 79.9. The van der Waals surface area contributed by atoms with Crippen LogP contribution < -0.4 is 5.32 Å². The van der Waals surface area contributed by atoms with Crippen LogP contribution >= 0.6 is 15.9 Å². The lowest BCUT2D eigenvalue weighted by Crippen LogP contribution is -2.35. The van der Waals surface area contributed by atoms with E-state index in [9.17, 15) is 0 Å². The van der Waals surface area contributed by atoms with E-state index in [0.717, 1.165) is 28.1 Å². The summed E-state index contributed by atoms with van der Waals surface area (Å²) < 4.78 is 3.11. The van der Waals surface area contributed by atoms with Gasteiger partial charge in [-0.05, 0) is 64.4 Å². The summed E-state index contributed by atoms with van der Waals surface area (Å²) in [6, 6.07) is 8.43. The number of nitrogens with one attached hydrogen (secondary N) is 1. The quantitative estimate of drug-likeness (QED) is 0.913. The van der Waals surface area contributed by atoms with Crippen LogP contribution in [0.3, 0.4) is 0 Å². The molecule has 4 heteroatoms. The molecule has 0 unspecified atom stereocenters. The molecule has 0 saturated carbocycles. The summed E-state index contributed by atoms with van der Waals surface area (Å²) in [5.74, 6) is 0. The van der Waals surface area contributed by atoms with Crippen LogP contribution in [0.25, 0.3) is 5.69 Å². The molecular formula is C16H22BrN3. The second-order valence-corrected chi connectivity index (χ2v) is 7.13. The Morgan fingerprint density at radius 2 is 1.90 bits per heavy atom. The predicted octanol–water partition coefficient (Wildman–Crippen LogP) is 4.14. The zero-order valence-corrected chi connectivity index (χ0v) is 14.4. The second kappa shape index (κ2) is 5.70. The molecule has 0 radical (unpaired) electrons. The highest BCUT2D eigenvalue weighted by Gasteiger charge is 2.13. The summed E-state index contributed by atoms with van der Waals surface area (Å²) >= 11 is 3.56. The molecule has 1 N–H and O–H groups in total. The SMILES string of the molecule is Cc1cc(C)n(-c2ccc(Br)cc2CNC(C)(C)C)n1. The molecule has 108 valence electrons. The number of hydrogen-bond acceptors (Lipinski definition) is 2. The minimum absolute atomic E-state index is 0.0919. The summed E-state index contributed by atoms with van der Waals surface area (Å²) in [4.78, 5) is 0. The summed E-state index contributed by atoms with van der Waals surface area (Å²) in [7, 11) is 0. The fraction of sp³-hybridized carbons (Fsp3) is 0.438. The molecule has 0 bridgehead atoms. The first-order valence-electron chi connectivity index (χ1n) is 6.83. The molecule has 0 atom stereocenters. The first kappa shape index (κ1) is 15.3. The highest BCUT2D eigenvalue weighted by molar-refractivity contribution is 9.10. The minimum atomic E-state index is 0.0919. The normalized spacial score (nSPS) is 11.9. The molecule has 1 heterocycles. The Labute approximate surface area is 129 Å². The van der Waals surface area contributed by atoms with Gasteiger partial charge in [-0.2, -0.15) is 5.10 Å². The Hall–Kier alpha value is -1.13. The van der Waals surface area contributed by atoms with E-state index >= 15 is 0 Å². The Balaban J connectivity index is 2.40. The van der Waals surface area contributed by atoms with E-state index < -0.39 is 0 Å². The van der Waals surface area contributed by atoms with Gasteiger partial charge in [-0.1, -0.05) is 15.9 Å². The van der Waals surface area contributed by atoms with Gasteiger partial charge in [0.05, 0.1) is 11.4 Å². The first-order chi connectivity index (χ1) is 9.26. The largest absolute Gasteiger partial charge is 0.308 e. The van der Waals surface area contributed by atoms with Crippen molar-refractivity contribution in [3.63, 3.8) is 0 Å². The van der Waals surface area contributed by atoms with Gasteiger partial charge in [-0.3, -0.25) is 0 Å². The van der Waals surface area contributed by atoms with E-state index in [1.165, 1.54) is 5.56 Å². The number of hydrogen-bond donors (Lipinski definition) is 1. The van der Waals surface area contributed by atoms with E-state index in [4.69, 9.17) is 0 Å². The maximum absolute atomic E-state index is 4.59. The lowest BCUT2D eigenvalue weighted by molar-refractivity contribution is 0.423. The number of rotatable bonds is 3. The summed E-state index contributed by atoms with van der Waals surface area (Å²) in [5.41, 5.74) is 4.66. The van der Waals surface area contributed by atoms with E-state index in [1.807, 2.05) is 11.6 Å². The van der Waals surface area contributed by atoms with Crippen molar-refractivity contribution in [2.75, 3.05) is 0 Å². The Morgan fingerprint density at radius 1 is 1.20 bits per heavy atom. The molecule has 2 aromatic rings. The molecule has 1 aromatic heterocycles. The van der Waals surface area contributed by atoms with Gasteiger partial charge in [0.2, 0.25) is 0 Å². The molecule has 0 amide bonds. The van der Waals surface area contributed by atoms with Crippen molar-refractivity contribution >= 4 is 15.9 Å². The fourth-order valence-electron chi connectivity index (χ4n) is 2.14. The van der Waals surface area contributed by atoms with Crippen LogP contribution in [0.15, 0.2) is 28.7 Å². The molecule has 3 nitrogen and oxygen atoms in total. The average Bonchev–Trinajstić information content (AvgIpc) is 2.65. The Bertz CT molecular complexity index is 609. The zero-order chi connectivity index (χ0) is 14.9. The lowest BCUT2D eigenvalue weighted by Gasteiger charge is -2.22. The lowest BCUT2D eigenvalue weighted by atomic mass is 10.1. The van der Waals surface area contributed by atoms with Crippen LogP contribution in [0, 0.1) is 13.8 Å². The fourth-order valence-corrected chi connectivity index (χ4v) is 2.54. The molecular weight excluding hydrogens is 314 g/mol. The van der Waals surface area contributed by atoms with Gasteiger partial charge in [0.1, 0.15) is 0 Å². The van der Waals surface area contributed by atoms with Gasteiger partial charge in [0.15, 0.2) is 0 Å². The van der Waals surface area contributed by atoms with Crippen LogP contribution in [-0.2, 0) is 6.54 Å². The molecule has 20 heavy (non-hydrogen) atoms. The maximum atomic E-state index is 4.59. The van der Waals surface area contributed by atoms with Crippen molar-refractivity contribution in [2.24, 2.45) is 0 Å². The third kappa shape index (κ3) is 3.70. The van der Waals surface area contributed by atoms with Crippen molar-refractivity contribution in [3.8, 4) is 5.69 Å². The minimum Gasteiger partial charge on any atom is -0.308 e. The maximum Gasteiger partial charge on any atom is 0.0694 e. The van der Waals surface area contributed by atoms with Crippen LogP contribution in [0.4, 0.5) is 0 Å². The van der Waals surface area contributed by atoms with Gasteiger partial charge in [0, 0.05) is 22.3 Å². The van der Waals surface area contributed by atoms with Gasteiger partial charge in [0.25, 0.3) is 0 Å². The van der Waals surface area contributed by atoms with Crippen molar-refractivity contribution in [3.05, 3.63) is 45.7 Å². The van der Waals surface area contributed by atoms with Gasteiger partial charge in [-0.25, -0.2) is 4.68 Å². The number of benzene rings is 1. The molecule has 1 aromatic carbocycles. The smallest absolute Gasteiger partial charge is 0.0694 e. The van der Waals surface area contributed by atoms with E-state index in [-0.39, 0.29) is 5.54 Å². The van der Waals surface area contributed by atoms with E-state index in [1.54, 1.807) is 0 Å². The molecule has 0 fully saturated rings. The molecule has 0 saturated heterocycles. The highest BCUT2D eigenvalue weighted by Crippen LogP contribution is 2.22. The monoisotopic (exact) mass is 335 g/mol. The molecule has 0 aliphatic carbocycles. The van der Waals surface area contributed by atoms with Crippen LogP contribution in [-0.4, -0.2) is 15.3 Å². The van der Waals surface area contributed by atoms with Crippen molar-refractivity contribution in [1.82, 2.24) is 15.1 Å². The van der Waals surface area contributed by atoms with Crippen molar-refractivity contribution in [2.45, 2.75) is 46.7 Å². The third-order valence-corrected chi connectivity index (χ3v) is 3.58. The molecule has 2 rings (SSSR count). The molecule has 0 aliphatic rings. The number of aromatic nitrogens is 2. The topological polar surface area (TPSA) is 29.9 Å². The van der Waals surface area contributed by atoms with Gasteiger partial charge < -0.3 is 5.32 Å². The summed E-state index contributed by atoms with van der Waals surface area (Å²) in [5, 5.41) is 8.13. The van der Waals surface area contributed by atoms with Crippen molar-refractivity contribution in [1.29, 1.82) is 0 Å². The second-order valence-electron chi connectivity index (χ2n) is 6.22. The van der Waals surface area contributed by atoms with Gasteiger partial charge >= 0.3 is 0 Å². The van der Waals surface area contributed by atoms with E-state index in [2.05, 4.69) is 78.3 Å². The number of nitrogens with zero attached hydrogens (tertiary/aromatic N) is 2. The Kier molecular flexibility index (Phi) is 4.35. The summed E-state index contributed by atoms with van der Waals surface area (Å²) in [6.45, 7) is 11.4. The molecule has 0 spiro atoms. The summed E-state index contributed by atoms with van der Waals surface area (Å²) in [6.07, 6.45) is 0.